The summed E-state index contributed by atoms with van der Waals surface area (Å²) in [5.74, 6) is 0. The van der Waals surface area contributed by atoms with E-state index in [1.54, 1.807) is 0 Å². The highest BCUT2D eigenvalue weighted by molar-refractivity contribution is 5.14. The first-order valence-electron chi connectivity index (χ1n) is 7.73. The van der Waals surface area contributed by atoms with E-state index in [0.717, 1.165) is 6.54 Å². The van der Waals surface area contributed by atoms with Crippen LogP contribution in [0, 0.1) is 5.41 Å². The van der Waals surface area contributed by atoms with Crippen molar-refractivity contribution in [2.75, 3.05) is 19.6 Å². The second-order valence-electron chi connectivity index (χ2n) is 6.75. The summed E-state index contributed by atoms with van der Waals surface area (Å²) in [6, 6.07) is 11.6. The molecular formula is C17H26N2. The van der Waals surface area contributed by atoms with Crippen molar-refractivity contribution in [1.29, 1.82) is 0 Å². The minimum atomic E-state index is 0.627. The molecule has 0 unspecified atom stereocenters. The summed E-state index contributed by atoms with van der Waals surface area (Å²) < 4.78 is 0. The molecular weight excluding hydrogens is 232 g/mol. The Morgan fingerprint density at radius 1 is 1.26 bits per heavy atom. The number of hydrogen-bond donors (Lipinski definition) is 1. The lowest BCUT2D eigenvalue weighted by Gasteiger charge is -2.34. The van der Waals surface area contributed by atoms with Gasteiger partial charge < -0.3 is 5.32 Å². The number of nitrogens with zero attached hydrogens (tertiary/aromatic N) is 1. The van der Waals surface area contributed by atoms with Gasteiger partial charge in [0.15, 0.2) is 0 Å². The molecule has 19 heavy (non-hydrogen) atoms. The molecule has 2 heteroatoms. The Bertz CT molecular complexity index is 397. The molecule has 0 aromatic heterocycles. The van der Waals surface area contributed by atoms with Crippen LogP contribution >= 0.6 is 0 Å². The van der Waals surface area contributed by atoms with Crippen LogP contribution in [0.3, 0.4) is 0 Å². The van der Waals surface area contributed by atoms with Crippen LogP contribution in [0.1, 0.15) is 38.2 Å². The van der Waals surface area contributed by atoms with E-state index in [1.807, 2.05) is 0 Å². The van der Waals surface area contributed by atoms with Crippen molar-refractivity contribution in [3.8, 4) is 0 Å². The maximum absolute atomic E-state index is 3.80. The normalized spacial score (nSPS) is 26.3. The number of rotatable bonds is 5. The number of benzene rings is 1. The fourth-order valence-corrected chi connectivity index (χ4v) is 2.99. The van der Waals surface area contributed by atoms with Gasteiger partial charge in [0, 0.05) is 25.7 Å². The molecule has 1 aromatic carbocycles. The molecule has 1 aliphatic carbocycles. The van der Waals surface area contributed by atoms with E-state index < -0.39 is 0 Å². The molecule has 2 nitrogen and oxygen atoms in total. The third kappa shape index (κ3) is 3.80. The Morgan fingerprint density at radius 2 is 2.05 bits per heavy atom. The topological polar surface area (TPSA) is 15.3 Å². The van der Waals surface area contributed by atoms with Crippen LogP contribution in [0.15, 0.2) is 30.3 Å². The van der Waals surface area contributed by atoms with Crippen molar-refractivity contribution in [2.24, 2.45) is 5.41 Å². The van der Waals surface area contributed by atoms with Gasteiger partial charge in [0.2, 0.25) is 0 Å². The lowest BCUT2D eigenvalue weighted by molar-refractivity contribution is 0.179. The molecule has 0 spiro atoms. The van der Waals surface area contributed by atoms with Crippen molar-refractivity contribution in [3.05, 3.63) is 35.9 Å². The zero-order valence-electron chi connectivity index (χ0n) is 12.1. The van der Waals surface area contributed by atoms with Gasteiger partial charge in [-0.3, -0.25) is 4.90 Å². The van der Waals surface area contributed by atoms with E-state index in [0.29, 0.717) is 11.5 Å². The summed E-state index contributed by atoms with van der Waals surface area (Å²) in [6.07, 6.45) is 5.52. The Balaban J connectivity index is 1.47. The van der Waals surface area contributed by atoms with Crippen LogP contribution in [0.25, 0.3) is 0 Å². The highest BCUT2D eigenvalue weighted by atomic mass is 15.2. The summed E-state index contributed by atoms with van der Waals surface area (Å²) in [5.41, 5.74) is 2.07. The van der Waals surface area contributed by atoms with E-state index in [4.69, 9.17) is 0 Å². The molecule has 1 heterocycles. The Hall–Kier alpha value is -0.860. The van der Waals surface area contributed by atoms with Gasteiger partial charge in [0.05, 0.1) is 0 Å². The van der Waals surface area contributed by atoms with E-state index in [2.05, 4.69) is 47.5 Å². The smallest absolute Gasteiger partial charge is 0.0234 e. The van der Waals surface area contributed by atoms with Crippen molar-refractivity contribution >= 4 is 0 Å². The Kier molecular flexibility index (Phi) is 3.90. The highest BCUT2D eigenvalue weighted by Crippen LogP contribution is 2.44. The Labute approximate surface area is 117 Å². The van der Waals surface area contributed by atoms with Gasteiger partial charge in [-0.05, 0) is 43.2 Å². The Morgan fingerprint density at radius 3 is 2.79 bits per heavy atom. The number of likely N-dealkylation sites (tertiary alicyclic amines) is 1. The van der Waals surface area contributed by atoms with Gasteiger partial charge in [-0.15, -0.1) is 0 Å². The van der Waals surface area contributed by atoms with Crippen LogP contribution in [-0.4, -0.2) is 30.6 Å². The second-order valence-corrected chi connectivity index (χ2v) is 6.75. The molecule has 1 aliphatic heterocycles. The number of piperidine rings is 1. The van der Waals surface area contributed by atoms with Gasteiger partial charge in [-0.1, -0.05) is 37.3 Å². The lowest BCUT2D eigenvalue weighted by Crippen LogP contribution is -2.46. The van der Waals surface area contributed by atoms with Crippen LogP contribution in [0.4, 0.5) is 0 Å². The summed E-state index contributed by atoms with van der Waals surface area (Å²) in [6.45, 7) is 7.20. The van der Waals surface area contributed by atoms with Gasteiger partial charge in [-0.2, -0.15) is 0 Å². The zero-order chi connectivity index (χ0) is 13.1. The molecule has 1 aromatic rings. The van der Waals surface area contributed by atoms with Gasteiger partial charge in [-0.25, -0.2) is 0 Å². The molecule has 2 fully saturated rings. The third-order valence-corrected chi connectivity index (χ3v) is 4.68. The summed E-state index contributed by atoms with van der Waals surface area (Å²) >= 11 is 0. The average molecular weight is 258 g/mol. The van der Waals surface area contributed by atoms with Crippen LogP contribution in [-0.2, 0) is 6.54 Å². The molecule has 104 valence electrons. The zero-order valence-corrected chi connectivity index (χ0v) is 12.1. The third-order valence-electron chi connectivity index (χ3n) is 4.68. The van der Waals surface area contributed by atoms with Gasteiger partial charge >= 0.3 is 0 Å². The van der Waals surface area contributed by atoms with Crippen molar-refractivity contribution in [1.82, 2.24) is 10.2 Å². The number of hydrogen-bond acceptors (Lipinski definition) is 2. The molecule has 0 amide bonds. The largest absolute Gasteiger partial charge is 0.312 e. The van der Waals surface area contributed by atoms with E-state index in [-0.39, 0.29) is 0 Å². The standard InChI is InChI=1S/C17H26N2/c1-17(9-10-17)14-18-16-8-5-11-19(13-16)12-15-6-3-2-4-7-15/h2-4,6-7,16,18H,5,8-14H2,1H3/t16-/m1/s1. The maximum Gasteiger partial charge on any atom is 0.0234 e. The monoisotopic (exact) mass is 258 g/mol. The molecule has 1 saturated carbocycles. The minimum Gasteiger partial charge on any atom is -0.312 e. The first-order chi connectivity index (χ1) is 9.23. The molecule has 1 N–H and O–H groups in total. The fourth-order valence-electron chi connectivity index (χ4n) is 2.99. The molecule has 1 atom stereocenters. The predicted molar refractivity (Wildman–Crippen MR) is 80.1 cm³/mol. The van der Waals surface area contributed by atoms with Crippen LogP contribution in [0.5, 0.6) is 0 Å². The van der Waals surface area contributed by atoms with E-state index in [1.165, 1.54) is 50.9 Å². The van der Waals surface area contributed by atoms with Crippen LogP contribution < -0.4 is 5.32 Å². The summed E-state index contributed by atoms with van der Waals surface area (Å²) in [7, 11) is 0. The average Bonchev–Trinajstić information content (AvgIpc) is 3.17. The first kappa shape index (κ1) is 13.1. The summed E-state index contributed by atoms with van der Waals surface area (Å²) in [5, 5.41) is 3.80. The van der Waals surface area contributed by atoms with Crippen molar-refractivity contribution < 1.29 is 0 Å². The molecule has 1 saturated heterocycles. The van der Waals surface area contributed by atoms with E-state index >= 15 is 0 Å². The predicted octanol–water partition coefficient (Wildman–Crippen LogP) is 3.04. The van der Waals surface area contributed by atoms with E-state index in [9.17, 15) is 0 Å². The molecule has 0 radical (unpaired) electrons. The first-order valence-corrected chi connectivity index (χ1v) is 7.73. The SMILES string of the molecule is CC1(CN[C@@H]2CCCN(Cc3ccccc3)C2)CC1. The van der Waals surface area contributed by atoms with Crippen molar-refractivity contribution in [3.63, 3.8) is 0 Å². The summed E-state index contributed by atoms with van der Waals surface area (Å²) in [4.78, 5) is 2.60. The molecule has 3 rings (SSSR count). The lowest BCUT2D eigenvalue weighted by atomic mass is 10.0. The minimum absolute atomic E-state index is 0.627. The fraction of sp³-hybridized carbons (Fsp3) is 0.647. The maximum atomic E-state index is 3.80. The highest BCUT2D eigenvalue weighted by Gasteiger charge is 2.37. The number of nitrogens with one attached hydrogen (secondary N) is 1. The van der Waals surface area contributed by atoms with Gasteiger partial charge in [0.1, 0.15) is 0 Å². The molecule has 0 bridgehead atoms. The van der Waals surface area contributed by atoms with Gasteiger partial charge in [0.25, 0.3) is 0 Å². The van der Waals surface area contributed by atoms with Crippen molar-refractivity contribution in [2.45, 2.75) is 45.2 Å². The quantitative estimate of drug-likeness (QED) is 0.873. The second kappa shape index (κ2) is 5.64. The van der Waals surface area contributed by atoms with Crippen LogP contribution in [0.2, 0.25) is 0 Å². The molecule has 2 aliphatic rings.